The maximum atomic E-state index is 12.5. The minimum Gasteiger partial charge on any atom is -0.508 e. The number of carbonyl (C=O) groups is 1. The van der Waals surface area contributed by atoms with Crippen LogP contribution < -0.4 is 0 Å². The molecule has 1 fully saturated rings. The van der Waals surface area contributed by atoms with E-state index in [0.29, 0.717) is 5.56 Å². The number of sulfonamides is 1. The Balaban J connectivity index is 1.98. The van der Waals surface area contributed by atoms with Crippen molar-refractivity contribution in [3.05, 3.63) is 46.2 Å². The van der Waals surface area contributed by atoms with Crippen LogP contribution in [0.15, 0.2) is 49.2 Å². The van der Waals surface area contributed by atoms with Crippen molar-refractivity contribution < 1.29 is 23.4 Å². The highest BCUT2D eigenvalue weighted by Crippen LogP contribution is 2.35. The largest absolute Gasteiger partial charge is 0.508 e. The number of rotatable bonds is 4. The van der Waals surface area contributed by atoms with Crippen molar-refractivity contribution in [2.45, 2.75) is 11.1 Å². The van der Waals surface area contributed by atoms with Crippen LogP contribution in [-0.2, 0) is 14.8 Å². The normalized spacial score (nSPS) is 18.2. The number of benzene rings is 1. The summed E-state index contributed by atoms with van der Waals surface area (Å²) in [6, 6.07) is 7.06. The summed E-state index contributed by atoms with van der Waals surface area (Å²) in [7, 11) is -3.89. The quantitative estimate of drug-likeness (QED) is 0.751. The zero-order valence-corrected chi connectivity index (χ0v) is 15.9. The van der Waals surface area contributed by atoms with E-state index in [-0.39, 0.29) is 32.3 Å². The summed E-state index contributed by atoms with van der Waals surface area (Å²) in [5, 5.41) is 20.9. The first-order valence-corrected chi connectivity index (χ1v) is 10.6. The molecule has 0 radical (unpaired) electrons. The first kappa shape index (κ1) is 18.5. The summed E-state index contributed by atoms with van der Waals surface area (Å²) in [5.74, 6) is -0.690. The number of phenols is 2. The monoisotopic (exact) mass is 410 g/mol. The molecule has 0 bridgehead atoms. The molecule has 10 heteroatoms. The molecule has 1 aromatic heterocycles. The molecule has 2 heterocycles. The number of carbonyl (C=O) groups excluding carboxylic acids is 1. The van der Waals surface area contributed by atoms with Gasteiger partial charge in [0.1, 0.15) is 15.7 Å². The number of aromatic hydroxyl groups is 2. The number of amidine groups is 1. The van der Waals surface area contributed by atoms with E-state index in [1.165, 1.54) is 29.2 Å². The Kier molecular flexibility index (Phi) is 5.08. The SMILES string of the molecule is CCN1C(=O)/C(=C/c2ccc(O)cc2O)SC1=NS(=O)(=O)c1cccs1. The van der Waals surface area contributed by atoms with Gasteiger partial charge in [-0.3, -0.25) is 9.69 Å². The van der Waals surface area contributed by atoms with E-state index in [2.05, 4.69) is 4.40 Å². The van der Waals surface area contributed by atoms with Crippen LogP contribution in [0.1, 0.15) is 12.5 Å². The van der Waals surface area contributed by atoms with Gasteiger partial charge in [0.15, 0.2) is 5.17 Å². The number of hydrogen-bond donors (Lipinski definition) is 2. The Morgan fingerprint density at radius 1 is 1.27 bits per heavy atom. The fourth-order valence-corrected chi connectivity index (χ4v) is 5.41. The number of thiophene rings is 1. The van der Waals surface area contributed by atoms with Crippen LogP contribution in [0, 0.1) is 0 Å². The van der Waals surface area contributed by atoms with Gasteiger partial charge in [-0.1, -0.05) is 6.07 Å². The van der Waals surface area contributed by atoms with E-state index in [1.54, 1.807) is 18.4 Å². The van der Waals surface area contributed by atoms with Crippen molar-refractivity contribution in [1.29, 1.82) is 0 Å². The summed E-state index contributed by atoms with van der Waals surface area (Å²) in [6.45, 7) is 1.97. The first-order valence-electron chi connectivity index (χ1n) is 7.43. The van der Waals surface area contributed by atoms with E-state index < -0.39 is 15.9 Å². The fraction of sp³-hybridized carbons (Fsp3) is 0.125. The predicted molar refractivity (Wildman–Crippen MR) is 102 cm³/mol. The molecule has 1 aliphatic rings. The molecule has 26 heavy (non-hydrogen) atoms. The van der Waals surface area contributed by atoms with Crippen LogP contribution in [0.4, 0.5) is 0 Å². The van der Waals surface area contributed by atoms with E-state index in [0.717, 1.165) is 29.2 Å². The lowest BCUT2D eigenvalue weighted by Gasteiger charge is -2.11. The van der Waals surface area contributed by atoms with Gasteiger partial charge in [-0.05, 0) is 48.3 Å². The third kappa shape index (κ3) is 3.62. The van der Waals surface area contributed by atoms with Gasteiger partial charge in [0.05, 0.1) is 4.91 Å². The van der Waals surface area contributed by atoms with Crippen molar-refractivity contribution >= 4 is 50.3 Å². The highest BCUT2D eigenvalue weighted by Gasteiger charge is 2.34. The molecule has 2 N–H and O–H groups in total. The molecular formula is C16H14N2O5S3. The predicted octanol–water partition coefficient (Wildman–Crippen LogP) is 2.84. The number of nitrogens with zero attached hydrogens (tertiary/aromatic N) is 2. The molecule has 2 aromatic rings. The van der Waals surface area contributed by atoms with Gasteiger partial charge in [0.25, 0.3) is 15.9 Å². The van der Waals surface area contributed by atoms with E-state index in [1.807, 2.05) is 0 Å². The van der Waals surface area contributed by atoms with Crippen molar-refractivity contribution in [1.82, 2.24) is 4.90 Å². The maximum Gasteiger partial charge on any atom is 0.294 e. The summed E-state index contributed by atoms with van der Waals surface area (Å²) in [5.41, 5.74) is 0.331. The Hall–Kier alpha value is -2.30. The Morgan fingerprint density at radius 2 is 2.04 bits per heavy atom. The molecular weight excluding hydrogens is 396 g/mol. The highest BCUT2D eigenvalue weighted by atomic mass is 32.2. The van der Waals surface area contributed by atoms with Crippen molar-refractivity contribution in [3.63, 3.8) is 0 Å². The average molecular weight is 410 g/mol. The van der Waals surface area contributed by atoms with Crippen LogP contribution in [0.25, 0.3) is 6.08 Å². The van der Waals surface area contributed by atoms with Crippen LogP contribution >= 0.6 is 23.1 Å². The first-order chi connectivity index (χ1) is 12.3. The summed E-state index contributed by atoms with van der Waals surface area (Å²) in [6.07, 6.45) is 1.44. The Labute approximate surface area is 158 Å². The topological polar surface area (TPSA) is 107 Å². The lowest BCUT2D eigenvalue weighted by Crippen LogP contribution is -2.29. The lowest BCUT2D eigenvalue weighted by molar-refractivity contribution is -0.122. The number of likely N-dealkylation sites (N-methyl/N-ethyl adjacent to an activating group) is 1. The number of thioether (sulfide) groups is 1. The summed E-state index contributed by atoms with van der Waals surface area (Å²) in [4.78, 5) is 14.0. The average Bonchev–Trinajstić information content (AvgIpc) is 3.20. The second kappa shape index (κ2) is 7.14. The van der Waals surface area contributed by atoms with E-state index in [9.17, 15) is 23.4 Å². The summed E-state index contributed by atoms with van der Waals surface area (Å²) < 4.78 is 28.6. The minimum atomic E-state index is -3.89. The third-order valence-electron chi connectivity index (χ3n) is 3.45. The fourth-order valence-electron chi connectivity index (χ4n) is 2.21. The molecule has 1 aromatic carbocycles. The molecule has 0 atom stereocenters. The van der Waals surface area contributed by atoms with Gasteiger partial charge in [-0.2, -0.15) is 8.42 Å². The molecule has 0 unspecified atom stereocenters. The van der Waals surface area contributed by atoms with Crippen LogP contribution in [-0.4, -0.2) is 41.2 Å². The molecule has 1 aliphatic heterocycles. The van der Waals surface area contributed by atoms with Gasteiger partial charge in [-0.15, -0.1) is 15.7 Å². The van der Waals surface area contributed by atoms with Crippen LogP contribution in [0.5, 0.6) is 11.5 Å². The maximum absolute atomic E-state index is 12.5. The second-order valence-corrected chi connectivity index (χ2v) is 8.97. The van der Waals surface area contributed by atoms with Crippen LogP contribution in [0.2, 0.25) is 0 Å². The molecule has 136 valence electrons. The molecule has 7 nitrogen and oxygen atoms in total. The molecule has 0 saturated carbocycles. The summed E-state index contributed by atoms with van der Waals surface area (Å²) >= 11 is 1.97. The molecule has 1 amide bonds. The second-order valence-electron chi connectivity index (χ2n) is 5.18. The molecule has 1 saturated heterocycles. The van der Waals surface area contributed by atoms with Gasteiger partial charge < -0.3 is 10.2 Å². The molecule has 3 rings (SSSR count). The highest BCUT2D eigenvalue weighted by molar-refractivity contribution is 8.19. The van der Waals surface area contributed by atoms with Crippen LogP contribution in [0.3, 0.4) is 0 Å². The van der Waals surface area contributed by atoms with E-state index in [4.69, 9.17) is 0 Å². The number of amides is 1. The number of phenolic OH excluding ortho intramolecular Hbond substituents is 2. The van der Waals surface area contributed by atoms with Crippen molar-refractivity contribution in [2.24, 2.45) is 4.40 Å². The standard InChI is InChI=1S/C16H14N2O5S3/c1-2-18-15(21)13(8-10-5-6-11(19)9-12(10)20)25-16(18)17-26(22,23)14-4-3-7-24-14/h3-9,19-20H,2H2,1H3/b13-8-,17-16?. The zero-order chi connectivity index (χ0) is 18.9. The van der Waals surface area contributed by atoms with Gasteiger partial charge in [0.2, 0.25) is 0 Å². The lowest BCUT2D eigenvalue weighted by atomic mass is 10.1. The zero-order valence-electron chi connectivity index (χ0n) is 13.5. The van der Waals surface area contributed by atoms with Crippen molar-refractivity contribution in [2.75, 3.05) is 6.54 Å². The molecule has 0 spiro atoms. The van der Waals surface area contributed by atoms with Crippen molar-refractivity contribution in [3.8, 4) is 11.5 Å². The molecule has 0 aliphatic carbocycles. The Bertz CT molecular complexity index is 1010. The van der Waals surface area contributed by atoms with Gasteiger partial charge in [-0.25, -0.2) is 0 Å². The van der Waals surface area contributed by atoms with Gasteiger partial charge >= 0.3 is 0 Å². The third-order valence-corrected chi connectivity index (χ3v) is 7.21. The minimum absolute atomic E-state index is 0.0652. The Morgan fingerprint density at radius 3 is 2.65 bits per heavy atom. The van der Waals surface area contributed by atoms with E-state index >= 15 is 0 Å². The number of hydrogen-bond acceptors (Lipinski definition) is 7. The van der Waals surface area contributed by atoms with Gasteiger partial charge in [0, 0.05) is 18.2 Å². The smallest absolute Gasteiger partial charge is 0.294 e.